The van der Waals surface area contributed by atoms with Crippen LogP contribution in [0.15, 0.2) is 12.1 Å². The van der Waals surface area contributed by atoms with Gasteiger partial charge in [-0.05, 0) is 55.6 Å². The fraction of sp³-hybridized carbons (Fsp3) is 0.667. The van der Waals surface area contributed by atoms with Crippen LogP contribution in [-0.2, 0) is 9.59 Å². The van der Waals surface area contributed by atoms with E-state index in [0.717, 1.165) is 51.4 Å². The average Bonchev–Trinajstić information content (AvgIpc) is 3.09. The molecule has 3 N–H and O–H groups in total. The Morgan fingerprint density at radius 3 is 2.26 bits per heavy atom. The normalized spacial score (nSPS) is 18.7. The highest BCUT2D eigenvalue weighted by Gasteiger charge is 2.42. The highest BCUT2D eigenvalue weighted by Crippen LogP contribution is 2.50. The van der Waals surface area contributed by atoms with Crippen LogP contribution in [0.3, 0.4) is 0 Å². The predicted octanol–water partition coefficient (Wildman–Crippen LogP) is 6.58. The van der Waals surface area contributed by atoms with Crippen LogP contribution in [0.5, 0.6) is 0 Å². The highest BCUT2D eigenvalue weighted by atomic mass is 35.5. The average molecular weight is 473 g/mol. The molecule has 0 bridgehead atoms. The second-order valence-electron chi connectivity index (χ2n) is 9.59. The minimum atomic E-state index is -0.427. The third-order valence-electron chi connectivity index (χ3n) is 6.54. The van der Waals surface area contributed by atoms with E-state index in [1.807, 2.05) is 0 Å². The Kier molecular flexibility index (Phi) is 9.63. The molecular weight excluding hydrogens is 438 g/mol. The number of hydrogen-bond acceptors (Lipinski definition) is 2. The minimum absolute atomic E-state index is 0.0183. The summed E-state index contributed by atoms with van der Waals surface area (Å²) < 4.78 is 14.6. The van der Waals surface area contributed by atoms with E-state index in [-0.39, 0.29) is 28.2 Å². The van der Waals surface area contributed by atoms with E-state index in [2.05, 4.69) is 26.1 Å². The van der Waals surface area contributed by atoms with E-state index in [9.17, 15) is 14.0 Å². The maximum atomic E-state index is 14.6. The van der Waals surface area contributed by atoms with Crippen LogP contribution in [0.4, 0.5) is 4.39 Å². The summed E-state index contributed by atoms with van der Waals surface area (Å²) in [5, 5.41) is 3.65. The Morgan fingerprint density at radius 1 is 1.19 bits per heavy atom. The van der Waals surface area contributed by atoms with Gasteiger partial charge in [0.05, 0.1) is 16.1 Å². The Bertz CT molecular complexity index is 775. The molecule has 1 aromatic carbocycles. The molecule has 0 spiro atoms. The molecule has 2 aliphatic carbocycles. The van der Waals surface area contributed by atoms with Crippen molar-refractivity contribution >= 4 is 35.0 Å². The molecule has 0 heterocycles. The number of carbonyl (C=O) groups excluding carboxylic acids is 2. The lowest BCUT2D eigenvalue weighted by molar-refractivity contribution is -0.129. The van der Waals surface area contributed by atoms with Gasteiger partial charge in [0.1, 0.15) is 5.82 Å². The van der Waals surface area contributed by atoms with Crippen LogP contribution in [0, 0.1) is 23.1 Å². The Balaban J connectivity index is 0.000000366. The fourth-order valence-electron chi connectivity index (χ4n) is 4.24. The fourth-order valence-corrected chi connectivity index (χ4v) is 4.66. The molecule has 2 fully saturated rings. The molecule has 1 atom stereocenters. The zero-order chi connectivity index (χ0) is 23.2. The first kappa shape index (κ1) is 25.9. The van der Waals surface area contributed by atoms with Gasteiger partial charge in [-0.2, -0.15) is 0 Å². The van der Waals surface area contributed by atoms with E-state index in [0.29, 0.717) is 22.9 Å². The van der Waals surface area contributed by atoms with Crippen LogP contribution in [0.2, 0.25) is 10.0 Å². The standard InChI is InChI=1S/C18H22Cl2FNO.C6H13NO/c1-18(9-2-3-10-18)16(22-17(23)11-5-4-6-11)14-13(21)8-7-12(19)15(14)20;1-5(2)3-4-6(7)8/h7-8,11,16H,2-6,9-10H2,1H3,(H,22,23);5H,3-4H2,1-2H3,(H2,7,8). The van der Waals surface area contributed by atoms with Crippen molar-refractivity contribution in [1.29, 1.82) is 0 Å². The number of nitrogens with one attached hydrogen (secondary N) is 1. The molecule has 7 heteroatoms. The molecule has 2 saturated carbocycles. The van der Waals surface area contributed by atoms with Crippen molar-refractivity contribution < 1.29 is 14.0 Å². The largest absolute Gasteiger partial charge is 0.370 e. The molecule has 0 radical (unpaired) electrons. The Labute approximate surface area is 195 Å². The van der Waals surface area contributed by atoms with Gasteiger partial charge in [0.15, 0.2) is 0 Å². The van der Waals surface area contributed by atoms with Crippen LogP contribution < -0.4 is 11.1 Å². The molecule has 1 unspecified atom stereocenters. The van der Waals surface area contributed by atoms with E-state index < -0.39 is 11.9 Å². The third-order valence-corrected chi connectivity index (χ3v) is 7.36. The molecule has 4 nitrogen and oxygen atoms in total. The van der Waals surface area contributed by atoms with Crippen molar-refractivity contribution in [1.82, 2.24) is 5.32 Å². The molecule has 0 saturated heterocycles. The summed E-state index contributed by atoms with van der Waals surface area (Å²) in [6, 6.07) is 2.37. The van der Waals surface area contributed by atoms with Crippen molar-refractivity contribution in [2.45, 2.75) is 84.6 Å². The van der Waals surface area contributed by atoms with E-state index in [1.54, 1.807) is 0 Å². The van der Waals surface area contributed by atoms with Crippen molar-refractivity contribution in [3.05, 3.63) is 33.6 Å². The zero-order valence-corrected chi connectivity index (χ0v) is 20.3. The number of hydrogen-bond donors (Lipinski definition) is 2. The van der Waals surface area contributed by atoms with Crippen molar-refractivity contribution in [3.8, 4) is 0 Å². The summed E-state index contributed by atoms with van der Waals surface area (Å²) in [6.07, 6.45) is 8.44. The van der Waals surface area contributed by atoms with Gasteiger partial charge in [0.25, 0.3) is 0 Å². The van der Waals surface area contributed by atoms with Gasteiger partial charge >= 0.3 is 0 Å². The van der Waals surface area contributed by atoms with Crippen LogP contribution in [0.25, 0.3) is 0 Å². The molecular formula is C24H35Cl2FN2O2. The molecule has 1 aromatic rings. The number of carbonyl (C=O) groups is 2. The lowest BCUT2D eigenvalue weighted by Gasteiger charge is -2.38. The molecule has 3 rings (SSSR count). The van der Waals surface area contributed by atoms with Crippen LogP contribution >= 0.6 is 23.2 Å². The van der Waals surface area contributed by atoms with Gasteiger partial charge in [0, 0.05) is 17.9 Å². The second-order valence-corrected chi connectivity index (χ2v) is 10.4. The first-order valence-electron chi connectivity index (χ1n) is 11.3. The van der Waals surface area contributed by atoms with Crippen molar-refractivity contribution in [2.24, 2.45) is 23.0 Å². The Morgan fingerprint density at radius 2 is 1.81 bits per heavy atom. The quantitative estimate of drug-likeness (QED) is 0.439. The summed E-state index contributed by atoms with van der Waals surface area (Å²) in [5.41, 5.74) is 5.06. The maximum absolute atomic E-state index is 14.6. The number of rotatable bonds is 7. The molecule has 174 valence electrons. The lowest BCUT2D eigenvalue weighted by Crippen LogP contribution is -2.43. The molecule has 2 amide bonds. The number of nitrogens with two attached hydrogens (primary N) is 1. The monoisotopic (exact) mass is 472 g/mol. The number of halogens is 3. The minimum Gasteiger partial charge on any atom is -0.370 e. The second kappa shape index (κ2) is 11.5. The van der Waals surface area contributed by atoms with Gasteiger partial charge in [-0.25, -0.2) is 4.39 Å². The number of primary amides is 1. The van der Waals surface area contributed by atoms with E-state index >= 15 is 0 Å². The summed E-state index contributed by atoms with van der Waals surface area (Å²) in [7, 11) is 0. The van der Waals surface area contributed by atoms with E-state index in [1.165, 1.54) is 12.1 Å². The summed E-state index contributed by atoms with van der Waals surface area (Å²) in [4.78, 5) is 22.6. The number of benzene rings is 1. The van der Waals surface area contributed by atoms with Gasteiger partial charge in [-0.15, -0.1) is 0 Å². The summed E-state index contributed by atoms with van der Waals surface area (Å²) >= 11 is 12.4. The molecule has 31 heavy (non-hydrogen) atoms. The van der Waals surface area contributed by atoms with Gasteiger partial charge < -0.3 is 11.1 Å². The Hall–Kier alpha value is -1.33. The first-order chi connectivity index (χ1) is 14.5. The van der Waals surface area contributed by atoms with Crippen molar-refractivity contribution in [3.63, 3.8) is 0 Å². The third kappa shape index (κ3) is 7.08. The summed E-state index contributed by atoms with van der Waals surface area (Å²) in [6.45, 7) is 6.26. The molecule has 0 aliphatic heterocycles. The summed E-state index contributed by atoms with van der Waals surface area (Å²) in [5.74, 6) is 0.0703. The van der Waals surface area contributed by atoms with Gasteiger partial charge in [-0.3, -0.25) is 9.59 Å². The van der Waals surface area contributed by atoms with Crippen LogP contribution in [-0.4, -0.2) is 11.8 Å². The number of amides is 2. The molecule has 2 aliphatic rings. The maximum Gasteiger partial charge on any atom is 0.223 e. The van der Waals surface area contributed by atoms with Gasteiger partial charge in [0.2, 0.25) is 11.8 Å². The zero-order valence-electron chi connectivity index (χ0n) is 18.8. The van der Waals surface area contributed by atoms with Gasteiger partial charge in [-0.1, -0.05) is 63.2 Å². The topological polar surface area (TPSA) is 72.2 Å². The predicted molar refractivity (Wildman–Crippen MR) is 124 cm³/mol. The molecule has 0 aromatic heterocycles. The smallest absolute Gasteiger partial charge is 0.223 e. The SMILES string of the molecule is CC(C)CCC(N)=O.CC1(C(NC(=O)C2CCC2)c2c(F)ccc(Cl)c2Cl)CCCC1. The van der Waals surface area contributed by atoms with Crippen molar-refractivity contribution in [2.75, 3.05) is 0 Å². The van der Waals surface area contributed by atoms with Crippen LogP contribution in [0.1, 0.15) is 90.2 Å². The van der Waals surface area contributed by atoms with E-state index in [4.69, 9.17) is 28.9 Å². The first-order valence-corrected chi connectivity index (χ1v) is 12.0. The lowest BCUT2D eigenvalue weighted by atomic mass is 9.76. The highest BCUT2D eigenvalue weighted by molar-refractivity contribution is 6.42.